The van der Waals surface area contributed by atoms with Gasteiger partial charge in [0.2, 0.25) is 5.96 Å². The van der Waals surface area contributed by atoms with E-state index in [0.29, 0.717) is 11.1 Å². The summed E-state index contributed by atoms with van der Waals surface area (Å²) < 4.78 is 43.1. The number of halogens is 2. The van der Waals surface area contributed by atoms with Gasteiger partial charge in [-0.05, 0) is 31.2 Å². The minimum atomic E-state index is -3.46. The van der Waals surface area contributed by atoms with Crippen LogP contribution in [0.3, 0.4) is 0 Å². The van der Waals surface area contributed by atoms with E-state index in [-0.39, 0.29) is 24.0 Å². The van der Waals surface area contributed by atoms with Gasteiger partial charge in [0.15, 0.2) is 0 Å². The van der Waals surface area contributed by atoms with Crippen LogP contribution < -0.4 is 0 Å². The van der Waals surface area contributed by atoms with E-state index < -0.39 is 36.3 Å². The zero-order valence-electron chi connectivity index (χ0n) is 17.7. The molecule has 8 nitrogen and oxygen atoms in total. The Hall–Kier alpha value is -1.18. The predicted molar refractivity (Wildman–Crippen MR) is 123 cm³/mol. The second-order valence-electron chi connectivity index (χ2n) is 8.64. The molecule has 12 heteroatoms. The fraction of sp³-hybridized carbons (Fsp3) is 0.556. The first-order chi connectivity index (χ1) is 13.7. The van der Waals surface area contributed by atoms with Crippen molar-refractivity contribution < 1.29 is 28.1 Å². The van der Waals surface area contributed by atoms with Crippen LogP contribution in [0.5, 0.6) is 0 Å². The molecule has 1 aromatic rings. The molecule has 3 N–H and O–H groups in total. The van der Waals surface area contributed by atoms with Crippen molar-refractivity contribution in [3.63, 3.8) is 0 Å². The number of aliphatic imine (C=N–C) groups is 1. The molecule has 0 fully saturated rings. The zero-order chi connectivity index (χ0) is 22.9. The first kappa shape index (κ1) is 25.1. The minimum Gasteiger partial charge on any atom is -0.465 e. The summed E-state index contributed by atoms with van der Waals surface area (Å²) in [5.74, 6) is -1.06. The number of amides is 1. The fourth-order valence-electron chi connectivity index (χ4n) is 2.94. The molecule has 1 aliphatic rings. The third-order valence-corrected chi connectivity index (χ3v) is 8.93. The number of hydrogen-bond acceptors (Lipinski definition) is 6. The Morgan fingerprint density at radius 3 is 2.63 bits per heavy atom. The van der Waals surface area contributed by atoms with E-state index in [4.69, 9.17) is 4.74 Å². The number of hydrogen-bond donors (Lipinski definition) is 3. The highest BCUT2D eigenvalue weighted by molar-refractivity contribution is 9.10. The molecule has 1 amide bonds. The summed E-state index contributed by atoms with van der Waals surface area (Å²) in [6.07, 6.45) is -1.36. The summed E-state index contributed by atoms with van der Waals surface area (Å²) in [7, 11) is -3.48. The van der Waals surface area contributed by atoms with Gasteiger partial charge in [-0.25, -0.2) is 23.4 Å². The first-order valence-corrected chi connectivity index (χ1v) is 15.5. The van der Waals surface area contributed by atoms with Crippen LogP contribution in [0.25, 0.3) is 0 Å². The van der Waals surface area contributed by atoms with Crippen molar-refractivity contribution in [2.75, 3.05) is 26.1 Å². The standard InChI is InChI=1S/C18H29BrFN3O5SSi/c1-18(14-10-13(19)6-7-15(14)20)11-29(26,27)22(2)16(21-18)23(17(24)25)12-28-8-9-30(3,4)5/h6-7,10,26-27H,8-9,11-12H2,1-5H3,(H,24,25). The monoisotopic (exact) mass is 525 g/mol. The predicted octanol–water partition coefficient (Wildman–Crippen LogP) is 5.06. The second-order valence-corrected chi connectivity index (χ2v) is 17.3. The van der Waals surface area contributed by atoms with Crippen molar-refractivity contribution in [3.05, 3.63) is 34.1 Å². The van der Waals surface area contributed by atoms with E-state index in [1.165, 1.54) is 25.2 Å². The molecule has 170 valence electrons. The summed E-state index contributed by atoms with van der Waals surface area (Å²) in [5.41, 5.74) is -1.26. The van der Waals surface area contributed by atoms with Gasteiger partial charge >= 0.3 is 6.09 Å². The maximum Gasteiger partial charge on any atom is 0.416 e. The van der Waals surface area contributed by atoms with Gasteiger partial charge < -0.3 is 9.84 Å². The largest absolute Gasteiger partial charge is 0.465 e. The first-order valence-electron chi connectivity index (χ1n) is 9.30. The van der Waals surface area contributed by atoms with E-state index in [2.05, 4.69) is 40.6 Å². The molecule has 0 aliphatic carbocycles. The lowest BCUT2D eigenvalue weighted by Gasteiger charge is -2.51. The summed E-state index contributed by atoms with van der Waals surface area (Å²) in [4.78, 5) is 17.2. The number of carboxylic acid groups (broad SMARTS) is 1. The van der Waals surface area contributed by atoms with Crippen LogP contribution >= 0.6 is 26.7 Å². The minimum absolute atomic E-state index is 0.132. The van der Waals surface area contributed by atoms with Crippen molar-refractivity contribution in [1.29, 1.82) is 0 Å². The zero-order valence-corrected chi connectivity index (χ0v) is 21.1. The van der Waals surface area contributed by atoms with Crippen molar-refractivity contribution in [2.24, 2.45) is 4.99 Å². The average Bonchev–Trinajstić information content (AvgIpc) is 2.59. The summed E-state index contributed by atoms with van der Waals surface area (Å²) >= 11 is 3.29. The number of rotatable bonds is 6. The number of carbonyl (C=O) groups is 1. The fourth-order valence-corrected chi connectivity index (χ4v) is 5.63. The Morgan fingerprint density at radius 1 is 1.43 bits per heavy atom. The van der Waals surface area contributed by atoms with Crippen molar-refractivity contribution in [2.45, 2.75) is 38.1 Å². The topological polar surface area (TPSA) is 106 Å². The van der Waals surface area contributed by atoms with Crippen LogP contribution in [0.4, 0.5) is 9.18 Å². The van der Waals surface area contributed by atoms with Crippen LogP contribution in [0, 0.1) is 5.82 Å². The molecule has 30 heavy (non-hydrogen) atoms. The molecular formula is C18H29BrFN3O5SSi. The Morgan fingerprint density at radius 2 is 2.07 bits per heavy atom. The number of benzene rings is 1. The van der Waals surface area contributed by atoms with Gasteiger partial charge in [-0.1, -0.05) is 35.6 Å². The third-order valence-electron chi connectivity index (χ3n) is 4.74. The molecule has 0 radical (unpaired) electrons. The SMILES string of the molecule is CN1C(N(COCC[Si](C)(C)C)C(=O)O)=NC(C)(c2cc(Br)ccc2F)CS1(O)O. The van der Waals surface area contributed by atoms with Crippen LogP contribution in [0.15, 0.2) is 27.7 Å². The maximum absolute atomic E-state index is 14.6. The molecule has 0 saturated carbocycles. The molecule has 0 spiro atoms. The van der Waals surface area contributed by atoms with E-state index in [0.717, 1.165) is 15.2 Å². The second kappa shape index (κ2) is 9.13. The molecule has 0 saturated heterocycles. The summed E-state index contributed by atoms with van der Waals surface area (Å²) in [6, 6.07) is 5.12. The van der Waals surface area contributed by atoms with Crippen LogP contribution in [0.1, 0.15) is 12.5 Å². The molecule has 0 aromatic heterocycles. The molecule has 1 unspecified atom stereocenters. The van der Waals surface area contributed by atoms with E-state index in [1.807, 2.05) is 0 Å². The highest BCUT2D eigenvalue weighted by Crippen LogP contribution is 2.52. The Balaban J connectivity index is 2.42. The average molecular weight is 527 g/mol. The highest BCUT2D eigenvalue weighted by atomic mass is 79.9. The molecule has 1 aromatic carbocycles. The quantitative estimate of drug-likeness (QED) is 0.272. The smallest absolute Gasteiger partial charge is 0.416 e. The van der Waals surface area contributed by atoms with E-state index in [1.54, 1.807) is 6.92 Å². The van der Waals surface area contributed by atoms with Gasteiger partial charge in [0.05, 0.1) is 5.75 Å². The van der Waals surface area contributed by atoms with Gasteiger partial charge in [0, 0.05) is 31.8 Å². The molecule has 1 aliphatic heterocycles. The van der Waals surface area contributed by atoms with Gasteiger partial charge in [-0.3, -0.25) is 9.11 Å². The van der Waals surface area contributed by atoms with Gasteiger partial charge in [0.25, 0.3) is 0 Å². The van der Waals surface area contributed by atoms with Gasteiger partial charge in [0.1, 0.15) is 18.1 Å². The van der Waals surface area contributed by atoms with Crippen molar-refractivity contribution >= 4 is 46.8 Å². The summed E-state index contributed by atoms with van der Waals surface area (Å²) in [5, 5.41) is 9.72. The lowest BCUT2D eigenvalue weighted by atomic mass is 9.94. The Labute approximate surface area is 187 Å². The van der Waals surface area contributed by atoms with Crippen molar-refractivity contribution in [1.82, 2.24) is 9.21 Å². The molecule has 2 rings (SSSR count). The van der Waals surface area contributed by atoms with Crippen LogP contribution in [-0.2, 0) is 10.3 Å². The van der Waals surface area contributed by atoms with E-state index >= 15 is 0 Å². The molecule has 1 heterocycles. The van der Waals surface area contributed by atoms with Crippen molar-refractivity contribution in [3.8, 4) is 0 Å². The van der Waals surface area contributed by atoms with E-state index in [9.17, 15) is 23.4 Å². The molecular weight excluding hydrogens is 497 g/mol. The molecule has 0 bridgehead atoms. The maximum atomic E-state index is 14.6. The van der Waals surface area contributed by atoms with Gasteiger partial charge in [-0.15, -0.1) is 10.8 Å². The number of guanidine groups is 1. The van der Waals surface area contributed by atoms with Crippen LogP contribution in [-0.4, -0.2) is 69.7 Å². The highest BCUT2D eigenvalue weighted by Gasteiger charge is 2.45. The normalized spacial score (nSPS) is 22.4. The lowest BCUT2D eigenvalue weighted by molar-refractivity contribution is 0.0650. The Bertz CT molecular complexity index is 839. The summed E-state index contributed by atoms with van der Waals surface area (Å²) in [6.45, 7) is 8.14. The van der Waals surface area contributed by atoms with Gasteiger partial charge in [-0.2, -0.15) is 0 Å². The third kappa shape index (κ3) is 5.95. The number of nitrogens with zero attached hydrogens (tertiary/aromatic N) is 3. The molecule has 1 atom stereocenters. The Kier molecular flexibility index (Phi) is 7.63. The number of ether oxygens (including phenoxy) is 1. The van der Waals surface area contributed by atoms with Crippen LogP contribution in [0.2, 0.25) is 25.7 Å². The lowest BCUT2D eigenvalue weighted by Crippen LogP contribution is -2.53.